The van der Waals surface area contributed by atoms with E-state index in [-0.39, 0.29) is 4.90 Å². The van der Waals surface area contributed by atoms with Crippen LogP contribution in [0, 0.1) is 0 Å². The van der Waals surface area contributed by atoms with Crippen molar-refractivity contribution in [1.82, 2.24) is 4.57 Å². The highest BCUT2D eigenvalue weighted by atomic mass is 35.5. The van der Waals surface area contributed by atoms with Crippen molar-refractivity contribution in [3.05, 3.63) is 87.7 Å². The van der Waals surface area contributed by atoms with Crippen LogP contribution in [0.4, 0.5) is 5.69 Å². The molecule has 3 aromatic carbocycles. The van der Waals surface area contributed by atoms with Gasteiger partial charge >= 0.3 is 0 Å². The number of carbonyl (C=O) groups is 1. The van der Waals surface area contributed by atoms with Gasteiger partial charge in [0.1, 0.15) is 0 Å². The maximum atomic E-state index is 12.7. The molecule has 32 heavy (non-hydrogen) atoms. The molecule has 1 aromatic heterocycles. The molecule has 1 amide bonds. The average molecular weight is 486 g/mol. The number of halogens is 1. The van der Waals surface area contributed by atoms with Crippen LogP contribution in [0.1, 0.15) is 22.8 Å². The lowest BCUT2D eigenvalue weighted by molar-refractivity contribution is 0.0998. The number of thiazole rings is 1. The molecule has 4 aromatic rings. The van der Waals surface area contributed by atoms with E-state index in [1.807, 2.05) is 23.7 Å². The third-order valence-electron chi connectivity index (χ3n) is 4.99. The van der Waals surface area contributed by atoms with Crippen LogP contribution >= 0.6 is 22.9 Å². The summed E-state index contributed by atoms with van der Waals surface area (Å²) in [5.74, 6) is -0.391. The number of nitrogens with zero attached hydrogens (tertiary/aromatic N) is 2. The number of carbonyl (C=O) groups excluding carboxylic acids is 1. The van der Waals surface area contributed by atoms with E-state index in [4.69, 9.17) is 11.6 Å². The lowest BCUT2D eigenvalue weighted by Gasteiger charge is -2.08. The second-order valence-corrected chi connectivity index (χ2v) is 10.2. The third kappa shape index (κ3) is 4.48. The summed E-state index contributed by atoms with van der Waals surface area (Å²) < 4.78 is 30.5. The summed E-state index contributed by atoms with van der Waals surface area (Å²) in [6.07, 6.45) is 0.892. The van der Waals surface area contributed by atoms with Gasteiger partial charge in [-0.05, 0) is 66.6 Å². The minimum atomic E-state index is -3.76. The Bertz CT molecular complexity index is 1470. The van der Waals surface area contributed by atoms with Gasteiger partial charge in [0.05, 0.1) is 15.1 Å². The van der Waals surface area contributed by atoms with Gasteiger partial charge in [-0.25, -0.2) is 8.42 Å². The van der Waals surface area contributed by atoms with Gasteiger partial charge in [0.15, 0.2) is 4.80 Å². The van der Waals surface area contributed by atoms with Gasteiger partial charge in [0, 0.05) is 23.3 Å². The van der Waals surface area contributed by atoms with Crippen molar-refractivity contribution in [1.29, 1.82) is 0 Å². The van der Waals surface area contributed by atoms with Crippen LogP contribution in [0.3, 0.4) is 0 Å². The van der Waals surface area contributed by atoms with Crippen LogP contribution < -0.4 is 9.52 Å². The number of aryl methyl sites for hydroxylation is 2. The Kier molecular flexibility index (Phi) is 6.19. The molecule has 0 saturated heterocycles. The number of nitrogens with one attached hydrogen (secondary N) is 1. The molecule has 0 aliphatic heterocycles. The van der Waals surface area contributed by atoms with Crippen molar-refractivity contribution in [3.63, 3.8) is 0 Å². The Morgan fingerprint density at radius 2 is 1.75 bits per heavy atom. The Morgan fingerprint density at radius 3 is 2.41 bits per heavy atom. The average Bonchev–Trinajstić information content (AvgIpc) is 3.09. The van der Waals surface area contributed by atoms with E-state index in [2.05, 4.69) is 22.7 Å². The molecule has 0 atom stereocenters. The molecule has 1 N–H and O–H groups in total. The van der Waals surface area contributed by atoms with E-state index < -0.39 is 15.9 Å². The Balaban J connectivity index is 1.58. The van der Waals surface area contributed by atoms with E-state index in [0.29, 0.717) is 21.1 Å². The van der Waals surface area contributed by atoms with E-state index >= 15 is 0 Å². The first kappa shape index (κ1) is 22.3. The van der Waals surface area contributed by atoms with Crippen LogP contribution in [-0.2, 0) is 23.5 Å². The van der Waals surface area contributed by atoms with Crippen LogP contribution in [0.5, 0.6) is 0 Å². The Hall–Kier alpha value is -2.94. The van der Waals surface area contributed by atoms with Gasteiger partial charge in [0.25, 0.3) is 15.9 Å². The fourth-order valence-corrected chi connectivity index (χ4v) is 5.59. The quantitative estimate of drug-likeness (QED) is 0.432. The van der Waals surface area contributed by atoms with Crippen LogP contribution in [0.2, 0.25) is 5.02 Å². The number of rotatable bonds is 5. The molecule has 1 heterocycles. The van der Waals surface area contributed by atoms with Crippen LogP contribution in [0.15, 0.2) is 76.6 Å². The van der Waals surface area contributed by atoms with Crippen molar-refractivity contribution < 1.29 is 13.2 Å². The van der Waals surface area contributed by atoms with Gasteiger partial charge in [0.2, 0.25) is 0 Å². The number of para-hydroxylation sites is 1. The van der Waals surface area contributed by atoms with Crippen LogP contribution in [0.25, 0.3) is 10.2 Å². The van der Waals surface area contributed by atoms with Gasteiger partial charge in [-0.3, -0.25) is 9.52 Å². The number of aromatic nitrogens is 1. The first-order chi connectivity index (χ1) is 15.3. The minimum Gasteiger partial charge on any atom is -0.319 e. The maximum absolute atomic E-state index is 12.7. The zero-order chi connectivity index (χ0) is 22.9. The van der Waals surface area contributed by atoms with E-state index in [1.54, 1.807) is 12.1 Å². The molecule has 0 aliphatic carbocycles. The molecule has 9 heteroatoms. The first-order valence-electron chi connectivity index (χ1n) is 9.83. The van der Waals surface area contributed by atoms with Gasteiger partial charge in [-0.2, -0.15) is 4.99 Å². The Labute approximate surface area is 194 Å². The van der Waals surface area contributed by atoms with Crippen molar-refractivity contribution in [3.8, 4) is 0 Å². The maximum Gasteiger partial charge on any atom is 0.279 e. The summed E-state index contributed by atoms with van der Waals surface area (Å²) in [4.78, 5) is 17.7. The summed E-state index contributed by atoms with van der Waals surface area (Å²) in [7, 11) is -1.86. The fourth-order valence-electron chi connectivity index (χ4n) is 3.34. The highest BCUT2D eigenvalue weighted by molar-refractivity contribution is 7.92. The predicted octanol–water partition coefficient (Wildman–Crippen LogP) is 5.00. The van der Waals surface area contributed by atoms with Gasteiger partial charge in [-0.15, -0.1) is 0 Å². The molecule has 4 rings (SSSR count). The molecular weight excluding hydrogens is 466 g/mol. The second kappa shape index (κ2) is 8.90. The molecule has 0 saturated carbocycles. The molecular formula is C23H20ClN3O3S2. The zero-order valence-electron chi connectivity index (χ0n) is 17.4. The smallest absolute Gasteiger partial charge is 0.279 e. The van der Waals surface area contributed by atoms with Crippen molar-refractivity contribution in [2.45, 2.75) is 18.2 Å². The summed E-state index contributed by atoms with van der Waals surface area (Å²) >= 11 is 7.28. The van der Waals surface area contributed by atoms with Gasteiger partial charge in [-0.1, -0.05) is 42.0 Å². The number of sulfonamides is 1. The molecule has 0 aliphatic rings. The lowest BCUT2D eigenvalue weighted by Crippen LogP contribution is -2.14. The van der Waals surface area contributed by atoms with E-state index in [1.165, 1.54) is 53.3 Å². The van der Waals surface area contributed by atoms with E-state index in [0.717, 1.165) is 16.6 Å². The molecule has 0 radical (unpaired) electrons. The highest BCUT2D eigenvalue weighted by Crippen LogP contribution is 2.22. The Morgan fingerprint density at radius 1 is 1.06 bits per heavy atom. The van der Waals surface area contributed by atoms with E-state index in [9.17, 15) is 13.2 Å². The number of amides is 1. The zero-order valence-corrected chi connectivity index (χ0v) is 19.8. The van der Waals surface area contributed by atoms with Crippen molar-refractivity contribution in [2.24, 2.45) is 12.0 Å². The van der Waals surface area contributed by atoms with Crippen LogP contribution in [-0.4, -0.2) is 18.9 Å². The largest absolute Gasteiger partial charge is 0.319 e. The summed E-state index contributed by atoms with van der Waals surface area (Å²) in [5.41, 5.74) is 3.00. The summed E-state index contributed by atoms with van der Waals surface area (Å²) in [6, 6.07) is 18.2. The number of hydrogen-bond acceptors (Lipinski definition) is 4. The minimum absolute atomic E-state index is 0.0979. The first-order valence-corrected chi connectivity index (χ1v) is 12.5. The fraction of sp³-hybridized carbons (Fsp3) is 0.130. The second-order valence-electron chi connectivity index (χ2n) is 7.11. The number of fused-ring (bicyclic) bond motifs is 1. The number of benzene rings is 3. The molecule has 0 unspecified atom stereocenters. The van der Waals surface area contributed by atoms with Crippen molar-refractivity contribution >= 4 is 54.8 Å². The molecule has 164 valence electrons. The third-order valence-corrected chi connectivity index (χ3v) is 7.74. The molecule has 0 spiro atoms. The summed E-state index contributed by atoms with van der Waals surface area (Å²) in [5, 5.41) is 0.452. The normalized spacial score (nSPS) is 12.3. The van der Waals surface area contributed by atoms with Gasteiger partial charge < -0.3 is 4.57 Å². The lowest BCUT2D eigenvalue weighted by atomic mass is 10.1. The standard InChI is InChI=1S/C23H20ClN3O3S2/c1-3-15-5-4-6-20-21(15)27(2)23(31-20)25-22(28)16-7-11-18(12-8-16)26-32(29,30)19-13-9-17(24)10-14-19/h4-14,26H,3H2,1-2H3. The molecule has 0 bridgehead atoms. The summed E-state index contributed by atoms with van der Waals surface area (Å²) in [6.45, 7) is 2.09. The predicted molar refractivity (Wildman–Crippen MR) is 129 cm³/mol. The molecule has 6 nitrogen and oxygen atoms in total. The number of hydrogen-bond donors (Lipinski definition) is 1. The SMILES string of the molecule is CCc1cccc2sc(=NC(=O)c3ccc(NS(=O)(=O)c4ccc(Cl)cc4)cc3)n(C)c12. The monoisotopic (exact) mass is 485 g/mol. The highest BCUT2D eigenvalue weighted by Gasteiger charge is 2.15. The molecule has 0 fully saturated rings. The topological polar surface area (TPSA) is 80.5 Å². The van der Waals surface area contributed by atoms with Crippen molar-refractivity contribution in [2.75, 3.05) is 4.72 Å². The number of anilines is 1.